The monoisotopic (exact) mass is 365 g/mol. The highest BCUT2D eigenvalue weighted by Crippen LogP contribution is 2.33. The van der Waals surface area contributed by atoms with E-state index in [-0.39, 0.29) is 16.9 Å². The Bertz CT molecular complexity index is 958. The zero-order chi connectivity index (χ0) is 19.4. The molecule has 0 aliphatic rings. The fourth-order valence-corrected chi connectivity index (χ4v) is 2.38. The first-order chi connectivity index (χ1) is 12.8. The molecule has 0 bridgehead atoms. The van der Waals surface area contributed by atoms with Crippen molar-refractivity contribution in [2.45, 2.75) is 26.2 Å². The van der Waals surface area contributed by atoms with Gasteiger partial charge in [-0.1, -0.05) is 32.9 Å². The van der Waals surface area contributed by atoms with Crippen molar-refractivity contribution in [1.82, 2.24) is 14.9 Å². The predicted octanol–water partition coefficient (Wildman–Crippen LogP) is 4.16. The minimum absolute atomic E-state index is 0.0241. The molecule has 1 aromatic heterocycles. The van der Waals surface area contributed by atoms with Gasteiger partial charge in [0, 0.05) is 11.6 Å². The lowest BCUT2D eigenvalue weighted by Gasteiger charge is -2.19. The number of hydrogen-bond donors (Lipinski definition) is 0. The molecule has 0 fully saturated rings. The summed E-state index contributed by atoms with van der Waals surface area (Å²) in [5.41, 5.74) is 1.61. The molecule has 3 aromatic rings. The molecule has 3 rings (SSSR count). The molecular formula is C19H19N5O3. The molecule has 0 saturated carbocycles. The fraction of sp³-hybridized carbons (Fsp3) is 0.211. The van der Waals surface area contributed by atoms with Gasteiger partial charge in [-0.25, -0.2) is 4.68 Å². The number of nitro groups is 1. The maximum atomic E-state index is 11.4. The van der Waals surface area contributed by atoms with E-state index in [1.54, 1.807) is 12.1 Å². The Kier molecular flexibility index (Phi) is 4.98. The van der Waals surface area contributed by atoms with E-state index in [0.717, 1.165) is 5.56 Å². The molecule has 0 N–H and O–H groups in total. The summed E-state index contributed by atoms with van der Waals surface area (Å²) >= 11 is 0. The van der Waals surface area contributed by atoms with Crippen LogP contribution in [-0.2, 0) is 5.41 Å². The quantitative estimate of drug-likeness (QED) is 0.384. The molecule has 0 saturated heterocycles. The van der Waals surface area contributed by atoms with Gasteiger partial charge in [-0.3, -0.25) is 10.1 Å². The first-order valence-corrected chi connectivity index (χ1v) is 8.29. The molecule has 8 heteroatoms. The van der Waals surface area contributed by atoms with Crippen LogP contribution < -0.4 is 4.74 Å². The molecule has 0 unspecified atom stereocenters. The number of aromatic nitrogens is 3. The van der Waals surface area contributed by atoms with E-state index in [1.807, 2.05) is 24.3 Å². The van der Waals surface area contributed by atoms with E-state index >= 15 is 0 Å². The summed E-state index contributed by atoms with van der Waals surface area (Å²) in [6, 6.07) is 12.2. The Balaban J connectivity index is 1.83. The van der Waals surface area contributed by atoms with Crippen molar-refractivity contribution in [2.24, 2.45) is 5.10 Å². The maximum Gasteiger partial charge on any atom is 0.312 e. The highest BCUT2D eigenvalue weighted by atomic mass is 16.6. The van der Waals surface area contributed by atoms with Crippen LogP contribution in [0.5, 0.6) is 11.5 Å². The molecule has 0 atom stereocenters. The second kappa shape index (κ2) is 7.36. The molecular weight excluding hydrogens is 346 g/mol. The van der Waals surface area contributed by atoms with Crippen molar-refractivity contribution in [3.05, 3.63) is 76.4 Å². The van der Waals surface area contributed by atoms with Gasteiger partial charge in [0.05, 0.1) is 11.1 Å². The van der Waals surface area contributed by atoms with Gasteiger partial charge in [0.15, 0.2) is 0 Å². The van der Waals surface area contributed by atoms with Crippen LogP contribution in [0, 0.1) is 10.1 Å². The average Bonchev–Trinajstić information content (AvgIpc) is 3.14. The summed E-state index contributed by atoms with van der Waals surface area (Å²) in [7, 11) is 0. The topological polar surface area (TPSA) is 95.4 Å². The summed E-state index contributed by atoms with van der Waals surface area (Å²) in [5, 5.41) is 22.8. The second-order valence-electron chi connectivity index (χ2n) is 6.95. The second-order valence-corrected chi connectivity index (χ2v) is 6.95. The summed E-state index contributed by atoms with van der Waals surface area (Å²) in [5.74, 6) is 0.710. The smallest absolute Gasteiger partial charge is 0.312 e. The largest absolute Gasteiger partial charge is 0.450 e. The van der Waals surface area contributed by atoms with Crippen LogP contribution in [0.4, 0.5) is 5.69 Å². The molecule has 1 heterocycles. The molecule has 8 nitrogen and oxygen atoms in total. The van der Waals surface area contributed by atoms with Crippen molar-refractivity contribution in [3.8, 4) is 11.5 Å². The van der Waals surface area contributed by atoms with Crippen molar-refractivity contribution in [3.63, 3.8) is 0 Å². The third-order valence-corrected chi connectivity index (χ3v) is 3.87. The third kappa shape index (κ3) is 4.55. The van der Waals surface area contributed by atoms with Gasteiger partial charge >= 0.3 is 5.69 Å². The van der Waals surface area contributed by atoms with E-state index in [1.165, 1.54) is 29.6 Å². The van der Waals surface area contributed by atoms with Crippen LogP contribution in [0.15, 0.2) is 60.2 Å². The van der Waals surface area contributed by atoms with Gasteiger partial charge in [-0.05, 0) is 35.2 Å². The van der Waals surface area contributed by atoms with Crippen molar-refractivity contribution in [2.75, 3.05) is 0 Å². The van der Waals surface area contributed by atoms with Crippen molar-refractivity contribution >= 4 is 11.9 Å². The highest BCUT2D eigenvalue weighted by Gasteiger charge is 2.17. The van der Waals surface area contributed by atoms with Crippen LogP contribution in [0.2, 0.25) is 0 Å². The average molecular weight is 365 g/mol. The summed E-state index contributed by atoms with van der Waals surface area (Å²) in [6.45, 7) is 6.36. The van der Waals surface area contributed by atoms with E-state index < -0.39 is 4.92 Å². The fourth-order valence-electron chi connectivity index (χ4n) is 2.38. The number of benzene rings is 2. The van der Waals surface area contributed by atoms with Crippen molar-refractivity contribution in [1.29, 1.82) is 0 Å². The molecule has 2 aromatic carbocycles. The lowest BCUT2D eigenvalue weighted by molar-refractivity contribution is -0.385. The summed E-state index contributed by atoms with van der Waals surface area (Å²) in [4.78, 5) is 11.0. The number of hydrogen-bond acceptors (Lipinski definition) is 6. The minimum Gasteiger partial charge on any atom is -0.450 e. The lowest BCUT2D eigenvalue weighted by Crippen LogP contribution is -2.10. The van der Waals surface area contributed by atoms with Crippen molar-refractivity contribution < 1.29 is 9.66 Å². The minimum atomic E-state index is -0.477. The molecule has 138 valence electrons. The number of nitrogens with zero attached hydrogens (tertiary/aromatic N) is 5. The number of ether oxygens (including phenoxy) is 1. The van der Waals surface area contributed by atoms with Gasteiger partial charge in [0.2, 0.25) is 5.75 Å². The van der Waals surface area contributed by atoms with E-state index in [9.17, 15) is 10.1 Å². The highest BCUT2D eigenvalue weighted by molar-refractivity contribution is 5.81. The predicted molar refractivity (Wildman–Crippen MR) is 101 cm³/mol. The number of nitro benzene ring substituents is 1. The maximum absolute atomic E-state index is 11.4. The van der Waals surface area contributed by atoms with E-state index in [4.69, 9.17) is 4.74 Å². The van der Waals surface area contributed by atoms with E-state index in [2.05, 4.69) is 36.1 Å². The zero-order valence-corrected chi connectivity index (χ0v) is 15.2. The van der Waals surface area contributed by atoms with Gasteiger partial charge in [-0.15, -0.1) is 10.2 Å². The molecule has 0 radical (unpaired) electrons. The molecule has 0 aliphatic heterocycles. The Morgan fingerprint density at radius 3 is 2.37 bits per heavy atom. The van der Waals surface area contributed by atoms with Crippen LogP contribution in [0.1, 0.15) is 31.9 Å². The SMILES string of the molecule is CC(C)(C)c1ccc(Oc2ccc(/C=N\n3cnnc3)cc2[N+](=O)[O-])cc1. The van der Waals surface area contributed by atoms with Crippen LogP contribution in [0.3, 0.4) is 0 Å². The van der Waals surface area contributed by atoms with Gasteiger partial charge in [-0.2, -0.15) is 5.10 Å². The molecule has 0 spiro atoms. The third-order valence-electron chi connectivity index (χ3n) is 3.87. The first kappa shape index (κ1) is 18.2. The van der Waals surface area contributed by atoms with Gasteiger partial charge in [0.25, 0.3) is 0 Å². The Morgan fingerprint density at radius 2 is 1.78 bits per heavy atom. The zero-order valence-electron chi connectivity index (χ0n) is 15.2. The number of rotatable bonds is 5. The first-order valence-electron chi connectivity index (χ1n) is 8.29. The molecule has 0 aliphatic carbocycles. The van der Waals surface area contributed by atoms with Gasteiger partial charge in [0.1, 0.15) is 18.4 Å². The van der Waals surface area contributed by atoms with Crippen LogP contribution in [0.25, 0.3) is 0 Å². The summed E-state index contributed by atoms with van der Waals surface area (Å²) in [6.07, 6.45) is 4.32. The Morgan fingerprint density at radius 1 is 1.11 bits per heavy atom. The Hall–Kier alpha value is -3.55. The lowest BCUT2D eigenvalue weighted by atomic mass is 9.87. The van der Waals surface area contributed by atoms with E-state index in [0.29, 0.717) is 11.3 Å². The summed E-state index contributed by atoms with van der Waals surface area (Å²) < 4.78 is 7.13. The molecule has 27 heavy (non-hydrogen) atoms. The van der Waals surface area contributed by atoms with Gasteiger partial charge < -0.3 is 4.74 Å². The standard InChI is InChI=1S/C19H19N5O3/c1-19(2,3)15-5-7-16(8-6-15)27-18-9-4-14(10-17(18)24(25)26)11-22-23-12-20-21-13-23/h4-13H,1-3H3/b22-11-. The normalized spacial score (nSPS) is 11.7. The molecule has 0 amide bonds. The van der Waals surface area contributed by atoms with Crippen LogP contribution in [-0.4, -0.2) is 26.0 Å². The Labute approximate surface area is 156 Å². The van der Waals surface area contributed by atoms with Crippen LogP contribution >= 0.6 is 0 Å².